The van der Waals surface area contributed by atoms with Crippen LogP contribution in [-0.4, -0.2) is 31.9 Å². The molecule has 0 saturated carbocycles. The normalized spacial score (nSPS) is 16.4. The number of amides is 1. The van der Waals surface area contributed by atoms with E-state index in [0.717, 1.165) is 21.5 Å². The Kier molecular flexibility index (Phi) is 6.64. The summed E-state index contributed by atoms with van der Waals surface area (Å²) < 4.78 is 16.8. The number of nitrogens with one attached hydrogen (secondary N) is 1. The van der Waals surface area contributed by atoms with Gasteiger partial charge in [0.1, 0.15) is 5.75 Å². The van der Waals surface area contributed by atoms with Crippen molar-refractivity contribution in [3.8, 4) is 17.2 Å². The van der Waals surface area contributed by atoms with E-state index in [1.54, 1.807) is 20.3 Å². The maximum absolute atomic E-state index is 12.3. The fourth-order valence-electron chi connectivity index (χ4n) is 2.55. The quantitative estimate of drug-likeness (QED) is 0.626. The standard InChI is InChI=1S/C20H19BrN2O4S/c1-4-27-14-7-5-13(6-8-14)22-20-23-19(24)17(28-20)11-12-9-15(21)18(26-3)16(10-12)25-2/h5-11H,4H2,1-3H3,(H,22,23,24)/b17-11+. The molecule has 0 unspecified atom stereocenters. The zero-order valence-corrected chi connectivity index (χ0v) is 18.0. The van der Waals surface area contributed by atoms with E-state index in [4.69, 9.17) is 14.2 Å². The van der Waals surface area contributed by atoms with Crippen molar-refractivity contribution in [1.82, 2.24) is 5.32 Å². The van der Waals surface area contributed by atoms with Crippen molar-refractivity contribution >= 4 is 50.5 Å². The van der Waals surface area contributed by atoms with Gasteiger partial charge in [-0.05, 0) is 82.7 Å². The highest BCUT2D eigenvalue weighted by Gasteiger charge is 2.24. The van der Waals surface area contributed by atoms with E-state index in [1.807, 2.05) is 43.3 Å². The monoisotopic (exact) mass is 462 g/mol. The van der Waals surface area contributed by atoms with E-state index in [1.165, 1.54) is 11.8 Å². The van der Waals surface area contributed by atoms with Gasteiger partial charge in [0.25, 0.3) is 5.91 Å². The number of nitrogens with zero attached hydrogens (tertiary/aromatic N) is 1. The largest absolute Gasteiger partial charge is 0.494 e. The minimum Gasteiger partial charge on any atom is -0.494 e. The predicted octanol–water partition coefficient (Wildman–Crippen LogP) is 4.76. The molecule has 28 heavy (non-hydrogen) atoms. The van der Waals surface area contributed by atoms with E-state index in [0.29, 0.717) is 28.2 Å². The van der Waals surface area contributed by atoms with Crippen LogP contribution >= 0.6 is 27.7 Å². The Labute approximate surface area is 176 Å². The fraction of sp³-hybridized carbons (Fsp3) is 0.200. The van der Waals surface area contributed by atoms with Gasteiger partial charge in [-0.1, -0.05) is 0 Å². The third-order valence-corrected chi connectivity index (χ3v) is 5.28. The summed E-state index contributed by atoms with van der Waals surface area (Å²) >= 11 is 4.74. The first kappa shape index (κ1) is 20.3. The molecule has 0 atom stereocenters. The molecule has 1 N–H and O–H groups in total. The predicted molar refractivity (Wildman–Crippen MR) is 116 cm³/mol. The van der Waals surface area contributed by atoms with Gasteiger partial charge in [0.05, 0.1) is 35.9 Å². The van der Waals surface area contributed by atoms with Crippen molar-refractivity contribution in [1.29, 1.82) is 0 Å². The molecule has 0 aromatic heterocycles. The Morgan fingerprint density at radius 2 is 1.93 bits per heavy atom. The van der Waals surface area contributed by atoms with Crippen molar-refractivity contribution in [3.63, 3.8) is 0 Å². The molecule has 2 aromatic carbocycles. The van der Waals surface area contributed by atoms with Crippen LogP contribution in [0.15, 0.2) is 50.8 Å². The molecular weight excluding hydrogens is 444 g/mol. The summed E-state index contributed by atoms with van der Waals surface area (Å²) in [5, 5.41) is 3.31. The van der Waals surface area contributed by atoms with Crippen LogP contribution in [0, 0.1) is 0 Å². The van der Waals surface area contributed by atoms with Gasteiger partial charge in [0.2, 0.25) is 0 Å². The molecule has 1 amide bonds. The van der Waals surface area contributed by atoms with E-state index in [9.17, 15) is 4.79 Å². The van der Waals surface area contributed by atoms with E-state index in [-0.39, 0.29) is 5.91 Å². The summed E-state index contributed by atoms with van der Waals surface area (Å²) in [4.78, 5) is 17.3. The molecular formula is C20H19BrN2O4S. The SMILES string of the molecule is CCOc1ccc(N=C2NC(=O)/C(=C\c3cc(Br)c(OC)c(OC)c3)S2)cc1. The molecule has 0 bridgehead atoms. The number of ether oxygens (including phenoxy) is 3. The maximum Gasteiger partial charge on any atom is 0.264 e. The van der Waals surface area contributed by atoms with Gasteiger partial charge in [-0.25, -0.2) is 4.99 Å². The smallest absolute Gasteiger partial charge is 0.264 e. The van der Waals surface area contributed by atoms with Crippen LogP contribution in [0.3, 0.4) is 0 Å². The number of halogens is 1. The molecule has 8 heteroatoms. The Morgan fingerprint density at radius 1 is 1.18 bits per heavy atom. The van der Waals surface area contributed by atoms with Gasteiger partial charge in [-0.2, -0.15) is 0 Å². The summed E-state index contributed by atoms with van der Waals surface area (Å²) in [6, 6.07) is 11.1. The van der Waals surface area contributed by atoms with Crippen molar-refractivity contribution in [2.24, 2.45) is 4.99 Å². The van der Waals surface area contributed by atoms with Crippen LogP contribution < -0.4 is 19.5 Å². The number of methoxy groups -OCH3 is 2. The Hall–Kier alpha value is -2.45. The van der Waals surface area contributed by atoms with Crippen LogP contribution in [0.2, 0.25) is 0 Å². The lowest BCUT2D eigenvalue weighted by atomic mass is 10.2. The van der Waals surface area contributed by atoms with Crippen LogP contribution in [0.5, 0.6) is 17.2 Å². The van der Waals surface area contributed by atoms with Crippen LogP contribution in [-0.2, 0) is 4.79 Å². The molecule has 0 radical (unpaired) electrons. The van der Waals surface area contributed by atoms with E-state index < -0.39 is 0 Å². The second-order valence-electron chi connectivity index (χ2n) is 5.65. The molecule has 146 valence electrons. The van der Waals surface area contributed by atoms with Crippen molar-refractivity contribution in [3.05, 3.63) is 51.3 Å². The molecule has 2 aromatic rings. The van der Waals surface area contributed by atoms with Gasteiger partial charge in [-0.3, -0.25) is 4.79 Å². The van der Waals surface area contributed by atoms with Gasteiger partial charge in [0, 0.05) is 0 Å². The zero-order chi connectivity index (χ0) is 20.1. The minimum absolute atomic E-state index is 0.194. The lowest BCUT2D eigenvalue weighted by Crippen LogP contribution is -2.19. The van der Waals surface area contributed by atoms with Crippen LogP contribution in [0.25, 0.3) is 6.08 Å². The summed E-state index contributed by atoms with van der Waals surface area (Å²) in [6.45, 7) is 2.55. The number of thioether (sulfide) groups is 1. The van der Waals surface area contributed by atoms with Gasteiger partial charge < -0.3 is 19.5 Å². The van der Waals surface area contributed by atoms with Crippen molar-refractivity contribution in [2.75, 3.05) is 20.8 Å². The van der Waals surface area contributed by atoms with Gasteiger partial charge in [-0.15, -0.1) is 0 Å². The first-order valence-corrected chi connectivity index (χ1v) is 10.1. The number of hydrogen-bond acceptors (Lipinski definition) is 6. The van der Waals surface area contributed by atoms with Crippen LogP contribution in [0.1, 0.15) is 12.5 Å². The number of aliphatic imine (C=N–C) groups is 1. The van der Waals surface area contributed by atoms with Gasteiger partial charge in [0.15, 0.2) is 16.7 Å². The zero-order valence-electron chi connectivity index (χ0n) is 15.6. The average Bonchev–Trinajstić information content (AvgIpc) is 3.02. The molecule has 0 aliphatic carbocycles. The number of carbonyl (C=O) groups excluding carboxylic acids is 1. The molecule has 6 nitrogen and oxygen atoms in total. The summed E-state index contributed by atoms with van der Waals surface area (Å²) in [6.07, 6.45) is 1.79. The van der Waals surface area contributed by atoms with Crippen molar-refractivity contribution < 1.29 is 19.0 Å². The van der Waals surface area contributed by atoms with Crippen LogP contribution in [0.4, 0.5) is 5.69 Å². The Bertz CT molecular complexity index is 942. The highest BCUT2D eigenvalue weighted by Crippen LogP contribution is 2.38. The first-order chi connectivity index (χ1) is 13.5. The summed E-state index contributed by atoms with van der Waals surface area (Å²) in [5.74, 6) is 1.77. The summed E-state index contributed by atoms with van der Waals surface area (Å²) in [7, 11) is 3.14. The fourth-order valence-corrected chi connectivity index (χ4v) is 4.02. The maximum atomic E-state index is 12.3. The average molecular weight is 463 g/mol. The third kappa shape index (κ3) is 4.69. The number of carbonyl (C=O) groups is 1. The second-order valence-corrected chi connectivity index (χ2v) is 7.53. The van der Waals surface area contributed by atoms with Gasteiger partial charge >= 0.3 is 0 Å². The number of rotatable bonds is 6. The minimum atomic E-state index is -0.194. The highest BCUT2D eigenvalue weighted by molar-refractivity contribution is 9.10. The first-order valence-electron chi connectivity index (χ1n) is 8.48. The lowest BCUT2D eigenvalue weighted by molar-refractivity contribution is -0.115. The van der Waals surface area contributed by atoms with Crippen molar-refractivity contribution in [2.45, 2.75) is 6.92 Å². The van der Waals surface area contributed by atoms with E-state index in [2.05, 4.69) is 26.2 Å². The molecule has 1 fully saturated rings. The lowest BCUT2D eigenvalue weighted by Gasteiger charge is -2.10. The Balaban J connectivity index is 1.81. The topological polar surface area (TPSA) is 69.2 Å². The molecule has 1 heterocycles. The number of amidine groups is 1. The third-order valence-electron chi connectivity index (χ3n) is 3.78. The molecule has 1 aliphatic rings. The number of benzene rings is 2. The number of hydrogen-bond donors (Lipinski definition) is 1. The Morgan fingerprint density at radius 3 is 2.57 bits per heavy atom. The highest BCUT2D eigenvalue weighted by atomic mass is 79.9. The molecule has 0 spiro atoms. The molecule has 1 aliphatic heterocycles. The van der Waals surface area contributed by atoms with E-state index >= 15 is 0 Å². The molecule has 3 rings (SSSR count). The summed E-state index contributed by atoms with van der Waals surface area (Å²) in [5.41, 5.74) is 1.55. The second kappa shape index (κ2) is 9.16. The molecule has 1 saturated heterocycles.